The minimum Gasteiger partial charge on any atom is -0.495 e. The highest BCUT2D eigenvalue weighted by Gasteiger charge is 2.09. The lowest BCUT2D eigenvalue weighted by Gasteiger charge is -2.11. The summed E-state index contributed by atoms with van der Waals surface area (Å²) in [7, 11) is 1.60. The van der Waals surface area contributed by atoms with Gasteiger partial charge in [0.15, 0.2) is 0 Å². The molecule has 3 rings (SSSR count). The summed E-state index contributed by atoms with van der Waals surface area (Å²) >= 11 is 6.06. The second kappa shape index (κ2) is 5.50. The van der Waals surface area contributed by atoms with Crippen LogP contribution in [0.25, 0.3) is 16.9 Å². The molecule has 0 saturated carbocycles. The number of hydrogen-bond donors (Lipinski definition) is 1. The molecule has 21 heavy (non-hydrogen) atoms. The minimum atomic E-state index is 0.602. The topological polar surface area (TPSA) is 53.1 Å². The fourth-order valence-electron chi connectivity index (χ4n) is 2.21. The van der Waals surface area contributed by atoms with Gasteiger partial charge in [0.05, 0.1) is 36.7 Å². The summed E-state index contributed by atoms with van der Waals surface area (Å²) in [5, 5.41) is 0.690. The zero-order chi connectivity index (χ0) is 14.8. The van der Waals surface area contributed by atoms with Crippen molar-refractivity contribution in [2.45, 2.75) is 0 Å². The van der Waals surface area contributed by atoms with E-state index in [9.17, 15) is 0 Å². The zero-order valence-electron chi connectivity index (χ0n) is 11.5. The normalized spacial score (nSPS) is 10.6. The Bertz CT molecular complexity index is 783. The predicted molar refractivity (Wildman–Crippen MR) is 85.0 cm³/mol. The van der Waals surface area contributed by atoms with Crippen molar-refractivity contribution in [1.29, 1.82) is 0 Å². The van der Waals surface area contributed by atoms with Crippen molar-refractivity contribution >= 4 is 17.3 Å². The van der Waals surface area contributed by atoms with Crippen LogP contribution in [0.15, 0.2) is 55.0 Å². The lowest BCUT2D eigenvalue weighted by molar-refractivity contribution is 0.417. The molecule has 0 aliphatic heterocycles. The van der Waals surface area contributed by atoms with E-state index in [1.165, 1.54) is 0 Å². The van der Waals surface area contributed by atoms with E-state index >= 15 is 0 Å². The summed E-state index contributed by atoms with van der Waals surface area (Å²) in [5.74, 6) is 0.637. The van der Waals surface area contributed by atoms with Crippen LogP contribution in [0.4, 0.5) is 5.69 Å². The maximum Gasteiger partial charge on any atom is 0.143 e. The summed E-state index contributed by atoms with van der Waals surface area (Å²) in [5.41, 5.74) is 9.33. The number of ether oxygens (including phenoxy) is 1. The number of rotatable bonds is 3. The van der Waals surface area contributed by atoms with Gasteiger partial charge in [-0.1, -0.05) is 23.7 Å². The number of nitrogens with two attached hydrogens (primary N) is 1. The molecule has 2 aromatic carbocycles. The third kappa shape index (κ3) is 2.58. The highest BCUT2D eigenvalue weighted by atomic mass is 35.5. The smallest absolute Gasteiger partial charge is 0.143 e. The van der Waals surface area contributed by atoms with Gasteiger partial charge >= 0.3 is 0 Å². The second-order valence-electron chi connectivity index (χ2n) is 4.59. The first kappa shape index (κ1) is 13.5. The maximum absolute atomic E-state index is 6.06. The number of aromatic nitrogens is 2. The minimum absolute atomic E-state index is 0.602. The summed E-state index contributed by atoms with van der Waals surface area (Å²) < 4.78 is 7.23. The van der Waals surface area contributed by atoms with Crippen LogP contribution in [0.1, 0.15) is 0 Å². The molecule has 0 atom stereocenters. The van der Waals surface area contributed by atoms with E-state index in [4.69, 9.17) is 22.1 Å². The van der Waals surface area contributed by atoms with Crippen molar-refractivity contribution in [1.82, 2.24) is 9.55 Å². The molecule has 0 saturated heterocycles. The number of methoxy groups -OCH3 is 1. The zero-order valence-corrected chi connectivity index (χ0v) is 12.2. The second-order valence-corrected chi connectivity index (χ2v) is 5.02. The largest absolute Gasteiger partial charge is 0.495 e. The molecule has 0 aliphatic rings. The average Bonchev–Trinajstić information content (AvgIpc) is 2.97. The van der Waals surface area contributed by atoms with Gasteiger partial charge in [-0.3, -0.25) is 4.57 Å². The third-order valence-corrected chi connectivity index (χ3v) is 3.49. The number of nitrogen functional groups attached to an aromatic ring is 1. The molecule has 0 radical (unpaired) electrons. The maximum atomic E-state index is 6.06. The number of imidazole rings is 1. The molecule has 0 fully saturated rings. The Morgan fingerprint density at radius 1 is 1.19 bits per heavy atom. The van der Waals surface area contributed by atoms with Gasteiger partial charge < -0.3 is 10.5 Å². The van der Waals surface area contributed by atoms with E-state index in [-0.39, 0.29) is 0 Å². The monoisotopic (exact) mass is 299 g/mol. The van der Waals surface area contributed by atoms with Crippen molar-refractivity contribution in [2.24, 2.45) is 0 Å². The summed E-state index contributed by atoms with van der Waals surface area (Å²) in [6, 6.07) is 13.3. The first-order valence-corrected chi connectivity index (χ1v) is 6.79. The fraction of sp³-hybridized carbons (Fsp3) is 0.0625. The van der Waals surface area contributed by atoms with Crippen molar-refractivity contribution in [3.05, 3.63) is 60.0 Å². The first-order valence-electron chi connectivity index (χ1n) is 6.41. The van der Waals surface area contributed by atoms with Crippen LogP contribution in [0.3, 0.4) is 0 Å². The van der Waals surface area contributed by atoms with Crippen molar-refractivity contribution in [3.63, 3.8) is 0 Å². The molecule has 0 spiro atoms. The summed E-state index contributed by atoms with van der Waals surface area (Å²) in [6.07, 6.45) is 3.55. The van der Waals surface area contributed by atoms with E-state index < -0.39 is 0 Å². The van der Waals surface area contributed by atoms with Gasteiger partial charge in [-0.05, 0) is 24.3 Å². The average molecular weight is 300 g/mol. The number of hydrogen-bond acceptors (Lipinski definition) is 3. The third-order valence-electron chi connectivity index (χ3n) is 3.25. The number of nitrogens with zero attached hydrogens (tertiary/aromatic N) is 2. The number of halogens is 1. The van der Waals surface area contributed by atoms with Gasteiger partial charge in [0, 0.05) is 16.7 Å². The van der Waals surface area contributed by atoms with E-state index in [1.54, 1.807) is 19.6 Å². The quantitative estimate of drug-likeness (QED) is 0.749. The van der Waals surface area contributed by atoms with E-state index in [0.717, 1.165) is 16.9 Å². The fourth-order valence-corrected chi connectivity index (χ4v) is 2.40. The molecule has 2 N–H and O–H groups in total. The Hall–Kier alpha value is -2.46. The standard InChI is InChI=1S/C16H14ClN3O/c1-21-16-8-13(5-6-14(16)18)20-10-19-9-15(20)11-3-2-4-12(17)7-11/h2-10H,18H2,1H3. The first-order chi connectivity index (χ1) is 10.2. The van der Waals surface area contributed by atoms with Gasteiger partial charge in [-0.15, -0.1) is 0 Å². The molecule has 0 unspecified atom stereocenters. The van der Waals surface area contributed by atoms with Gasteiger partial charge in [0.2, 0.25) is 0 Å². The van der Waals surface area contributed by atoms with Gasteiger partial charge in [0.1, 0.15) is 5.75 Å². The molecule has 5 heteroatoms. The molecule has 0 bridgehead atoms. The lowest BCUT2D eigenvalue weighted by atomic mass is 10.1. The van der Waals surface area contributed by atoms with Crippen LogP contribution >= 0.6 is 11.6 Å². The van der Waals surface area contributed by atoms with Crippen molar-refractivity contribution in [3.8, 4) is 22.7 Å². The van der Waals surface area contributed by atoms with Crippen LogP contribution in [0.2, 0.25) is 5.02 Å². The SMILES string of the molecule is COc1cc(-n2cncc2-c2cccc(Cl)c2)ccc1N. The molecule has 4 nitrogen and oxygen atoms in total. The number of benzene rings is 2. The molecule has 1 heterocycles. The van der Waals surface area contributed by atoms with E-state index in [2.05, 4.69) is 4.98 Å². The molecule has 1 aromatic heterocycles. The Morgan fingerprint density at radius 3 is 2.81 bits per heavy atom. The highest BCUT2D eigenvalue weighted by Crippen LogP contribution is 2.29. The summed E-state index contributed by atoms with van der Waals surface area (Å²) in [4.78, 5) is 4.23. The van der Waals surface area contributed by atoms with Crippen LogP contribution in [0, 0.1) is 0 Å². The molecule has 0 aliphatic carbocycles. The Balaban J connectivity index is 2.11. The Morgan fingerprint density at radius 2 is 2.05 bits per heavy atom. The van der Waals surface area contributed by atoms with Crippen LogP contribution in [0.5, 0.6) is 5.75 Å². The van der Waals surface area contributed by atoms with Gasteiger partial charge in [-0.2, -0.15) is 0 Å². The molecular weight excluding hydrogens is 286 g/mol. The highest BCUT2D eigenvalue weighted by molar-refractivity contribution is 6.30. The molecule has 3 aromatic rings. The molecular formula is C16H14ClN3O. The Labute approximate surface area is 127 Å². The molecule has 0 amide bonds. The van der Waals surface area contributed by atoms with E-state index in [0.29, 0.717) is 16.5 Å². The predicted octanol–water partition coefficient (Wildman–Crippen LogP) is 3.78. The van der Waals surface area contributed by atoms with Crippen molar-refractivity contribution < 1.29 is 4.74 Å². The number of anilines is 1. The van der Waals surface area contributed by atoms with Crippen LogP contribution in [-0.2, 0) is 0 Å². The summed E-state index contributed by atoms with van der Waals surface area (Å²) in [6.45, 7) is 0. The van der Waals surface area contributed by atoms with Crippen molar-refractivity contribution in [2.75, 3.05) is 12.8 Å². The van der Waals surface area contributed by atoms with Gasteiger partial charge in [0.25, 0.3) is 0 Å². The lowest BCUT2D eigenvalue weighted by Crippen LogP contribution is -1.98. The van der Waals surface area contributed by atoms with E-state index in [1.807, 2.05) is 47.0 Å². The molecule has 106 valence electrons. The van der Waals surface area contributed by atoms with Crippen LogP contribution < -0.4 is 10.5 Å². The van der Waals surface area contributed by atoms with Crippen LogP contribution in [-0.4, -0.2) is 16.7 Å². The van der Waals surface area contributed by atoms with Gasteiger partial charge in [-0.25, -0.2) is 4.98 Å². The Kier molecular flexibility index (Phi) is 3.54.